The van der Waals surface area contributed by atoms with Crippen LogP contribution in [-0.4, -0.2) is 21.7 Å². The number of aromatic nitrogens is 1. The van der Waals surface area contributed by atoms with Crippen molar-refractivity contribution in [3.63, 3.8) is 0 Å². The zero-order valence-electron chi connectivity index (χ0n) is 12.5. The third-order valence-electron chi connectivity index (χ3n) is 3.13. The smallest absolute Gasteiger partial charge is 0.267 e. The summed E-state index contributed by atoms with van der Waals surface area (Å²) in [5.41, 5.74) is 5.84. The van der Waals surface area contributed by atoms with E-state index in [4.69, 9.17) is 0 Å². The first-order valence-electron chi connectivity index (χ1n) is 6.67. The second-order valence-electron chi connectivity index (χ2n) is 4.85. The molecule has 0 unspecified atom stereocenters. The van der Waals surface area contributed by atoms with Gasteiger partial charge in [-0.25, -0.2) is 0 Å². The Balaban J connectivity index is 2.05. The lowest BCUT2D eigenvalue weighted by atomic mass is 10.1. The molecule has 0 aliphatic carbocycles. The largest absolute Gasteiger partial charge is 0.273 e. The summed E-state index contributed by atoms with van der Waals surface area (Å²) in [5, 5.41) is 10.9. The van der Waals surface area contributed by atoms with Gasteiger partial charge in [0.05, 0.1) is 10.5 Å². The number of rotatable bonds is 3. The Morgan fingerprint density at radius 2 is 1.65 bits per heavy atom. The molecule has 2 aromatic rings. The van der Waals surface area contributed by atoms with E-state index in [1.165, 1.54) is 18.3 Å². The predicted molar refractivity (Wildman–Crippen MR) is 81.7 cm³/mol. The van der Waals surface area contributed by atoms with Gasteiger partial charge in [0.25, 0.3) is 17.5 Å². The van der Waals surface area contributed by atoms with Crippen LogP contribution in [0.2, 0.25) is 0 Å². The van der Waals surface area contributed by atoms with Gasteiger partial charge in [-0.1, -0.05) is 6.07 Å². The van der Waals surface area contributed by atoms with Crippen molar-refractivity contribution in [2.24, 2.45) is 0 Å². The van der Waals surface area contributed by atoms with Crippen molar-refractivity contribution in [1.82, 2.24) is 15.8 Å². The molecule has 8 nitrogen and oxygen atoms in total. The maximum absolute atomic E-state index is 12.0. The van der Waals surface area contributed by atoms with E-state index in [1.54, 1.807) is 26.0 Å². The molecule has 23 heavy (non-hydrogen) atoms. The van der Waals surface area contributed by atoms with Crippen molar-refractivity contribution in [2.45, 2.75) is 13.8 Å². The van der Waals surface area contributed by atoms with Crippen molar-refractivity contribution in [1.29, 1.82) is 0 Å². The fourth-order valence-electron chi connectivity index (χ4n) is 1.81. The number of hydrogen-bond donors (Lipinski definition) is 2. The van der Waals surface area contributed by atoms with Crippen LogP contribution in [0.25, 0.3) is 0 Å². The molecular weight excluding hydrogens is 300 g/mol. The van der Waals surface area contributed by atoms with Crippen LogP contribution in [0.4, 0.5) is 5.69 Å². The van der Waals surface area contributed by atoms with Crippen molar-refractivity contribution < 1.29 is 14.5 Å². The molecule has 1 heterocycles. The van der Waals surface area contributed by atoms with E-state index < -0.39 is 16.7 Å². The van der Waals surface area contributed by atoms with E-state index in [2.05, 4.69) is 15.8 Å². The van der Waals surface area contributed by atoms with Crippen LogP contribution in [0.15, 0.2) is 36.5 Å². The molecule has 1 aromatic heterocycles. The highest BCUT2D eigenvalue weighted by molar-refractivity contribution is 5.99. The quantitative estimate of drug-likeness (QED) is 0.661. The van der Waals surface area contributed by atoms with Gasteiger partial charge in [-0.2, -0.15) is 0 Å². The molecule has 1 aromatic carbocycles. The molecule has 0 aliphatic rings. The number of nitro groups is 1. The van der Waals surface area contributed by atoms with E-state index >= 15 is 0 Å². The van der Waals surface area contributed by atoms with Crippen LogP contribution in [0.5, 0.6) is 0 Å². The monoisotopic (exact) mass is 314 g/mol. The molecule has 0 radical (unpaired) electrons. The van der Waals surface area contributed by atoms with Gasteiger partial charge in [-0.3, -0.25) is 35.5 Å². The van der Waals surface area contributed by atoms with Gasteiger partial charge in [0.1, 0.15) is 0 Å². The van der Waals surface area contributed by atoms with E-state index in [-0.39, 0.29) is 16.8 Å². The fourth-order valence-corrected chi connectivity index (χ4v) is 1.81. The minimum absolute atomic E-state index is 0.0737. The predicted octanol–water partition coefficient (Wildman–Crippen LogP) is 1.68. The van der Waals surface area contributed by atoms with Crippen LogP contribution < -0.4 is 10.9 Å². The van der Waals surface area contributed by atoms with Crippen molar-refractivity contribution in [3.05, 3.63) is 69.0 Å². The summed E-state index contributed by atoms with van der Waals surface area (Å²) >= 11 is 0. The molecule has 2 N–H and O–H groups in total. The molecule has 2 rings (SSSR count). The summed E-state index contributed by atoms with van der Waals surface area (Å²) in [6.07, 6.45) is 1.38. The van der Waals surface area contributed by atoms with Gasteiger partial charge in [0, 0.05) is 29.1 Å². The Labute approximate surface area is 131 Å². The average molecular weight is 314 g/mol. The Morgan fingerprint density at radius 1 is 1.04 bits per heavy atom. The van der Waals surface area contributed by atoms with Gasteiger partial charge in [-0.15, -0.1) is 0 Å². The SMILES string of the molecule is Cc1ccc(C(=O)NNC(=O)c2ccc(C)c([N+](=O)[O-])c2)cn1. The normalized spacial score (nSPS) is 10.0. The zero-order chi connectivity index (χ0) is 17.0. The number of pyridine rings is 1. The molecule has 2 amide bonds. The number of benzene rings is 1. The molecule has 0 fully saturated rings. The summed E-state index contributed by atoms with van der Waals surface area (Å²) in [6, 6.07) is 7.31. The molecule has 0 saturated heterocycles. The lowest BCUT2D eigenvalue weighted by molar-refractivity contribution is -0.385. The standard InChI is InChI=1S/C15H14N4O4/c1-9-3-5-11(7-13(9)19(22)23)14(20)17-18-15(21)12-6-4-10(2)16-8-12/h3-8H,1-2H3,(H,17,20)(H,18,21). The molecule has 118 valence electrons. The summed E-state index contributed by atoms with van der Waals surface area (Å²) in [7, 11) is 0. The average Bonchev–Trinajstić information content (AvgIpc) is 2.53. The van der Waals surface area contributed by atoms with Crippen molar-refractivity contribution >= 4 is 17.5 Å². The molecule has 0 aliphatic heterocycles. The molecule has 0 atom stereocenters. The summed E-state index contributed by atoms with van der Waals surface area (Å²) in [5.74, 6) is -1.19. The zero-order valence-corrected chi connectivity index (χ0v) is 12.5. The maximum atomic E-state index is 12.0. The van der Waals surface area contributed by atoms with E-state index in [1.807, 2.05) is 0 Å². The highest BCUT2D eigenvalue weighted by Crippen LogP contribution is 2.19. The minimum Gasteiger partial charge on any atom is -0.267 e. The number of hydrogen-bond acceptors (Lipinski definition) is 5. The topological polar surface area (TPSA) is 114 Å². The number of amides is 2. The van der Waals surface area contributed by atoms with Crippen LogP contribution >= 0.6 is 0 Å². The number of carbonyl (C=O) groups is 2. The van der Waals surface area contributed by atoms with E-state index in [0.29, 0.717) is 5.56 Å². The number of nitro benzene ring substituents is 1. The third kappa shape index (κ3) is 3.88. The Morgan fingerprint density at radius 3 is 2.22 bits per heavy atom. The summed E-state index contributed by atoms with van der Waals surface area (Å²) < 4.78 is 0. The second kappa shape index (κ2) is 6.65. The van der Waals surface area contributed by atoms with Crippen molar-refractivity contribution in [2.75, 3.05) is 0 Å². The third-order valence-corrected chi connectivity index (χ3v) is 3.13. The molecular formula is C15H14N4O4. The second-order valence-corrected chi connectivity index (χ2v) is 4.85. The van der Waals surface area contributed by atoms with Crippen LogP contribution in [0.1, 0.15) is 32.0 Å². The number of hydrazine groups is 1. The summed E-state index contributed by atoms with van der Waals surface area (Å²) in [4.78, 5) is 38.1. The van der Waals surface area contributed by atoms with Crippen LogP contribution in [0.3, 0.4) is 0 Å². The Hall–Kier alpha value is -3.29. The number of nitrogens with zero attached hydrogens (tertiary/aromatic N) is 2. The first kappa shape index (κ1) is 16.1. The van der Waals surface area contributed by atoms with E-state index in [9.17, 15) is 19.7 Å². The summed E-state index contributed by atoms with van der Waals surface area (Å²) in [6.45, 7) is 3.36. The van der Waals surface area contributed by atoms with Gasteiger partial charge in [0.2, 0.25) is 0 Å². The lowest BCUT2D eigenvalue weighted by Crippen LogP contribution is -2.41. The highest BCUT2D eigenvalue weighted by Gasteiger charge is 2.15. The maximum Gasteiger partial charge on any atom is 0.273 e. The first-order chi connectivity index (χ1) is 10.9. The van der Waals surface area contributed by atoms with Crippen LogP contribution in [0, 0.1) is 24.0 Å². The van der Waals surface area contributed by atoms with Crippen LogP contribution in [-0.2, 0) is 0 Å². The first-order valence-corrected chi connectivity index (χ1v) is 6.67. The van der Waals surface area contributed by atoms with Gasteiger partial charge >= 0.3 is 0 Å². The van der Waals surface area contributed by atoms with Gasteiger partial charge in [-0.05, 0) is 32.0 Å². The Kier molecular flexibility index (Phi) is 4.65. The number of aryl methyl sites for hydroxylation is 2. The van der Waals surface area contributed by atoms with Gasteiger partial charge < -0.3 is 0 Å². The van der Waals surface area contributed by atoms with E-state index in [0.717, 1.165) is 11.8 Å². The molecule has 0 bridgehead atoms. The lowest BCUT2D eigenvalue weighted by Gasteiger charge is -2.08. The number of carbonyl (C=O) groups excluding carboxylic acids is 2. The highest BCUT2D eigenvalue weighted by atomic mass is 16.6. The fraction of sp³-hybridized carbons (Fsp3) is 0.133. The minimum atomic E-state index is -0.651. The molecule has 8 heteroatoms. The Bertz CT molecular complexity index is 772. The van der Waals surface area contributed by atoms with Gasteiger partial charge in [0.15, 0.2) is 0 Å². The molecule has 0 spiro atoms. The number of nitrogens with one attached hydrogen (secondary N) is 2. The van der Waals surface area contributed by atoms with Crippen molar-refractivity contribution in [3.8, 4) is 0 Å². The molecule has 0 saturated carbocycles.